The number of sulfonamides is 1. The second-order valence-electron chi connectivity index (χ2n) is 8.89. The van der Waals surface area contributed by atoms with E-state index in [0.717, 1.165) is 17.1 Å². The Morgan fingerprint density at radius 2 is 1.68 bits per heavy atom. The zero-order chi connectivity index (χ0) is 24.6. The molecule has 180 valence electrons. The number of hydrogen-bond acceptors (Lipinski definition) is 4. The van der Waals surface area contributed by atoms with Gasteiger partial charge in [0.05, 0.1) is 16.3 Å². The fourth-order valence-electron chi connectivity index (χ4n) is 4.38. The van der Waals surface area contributed by atoms with Crippen LogP contribution in [0.25, 0.3) is 5.69 Å². The van der Waals surface area contributed by atoms with Crippen LogP contribution in [0.3, 0.4) is 0 Å². The van der Waals surface area contributed by atoms with Gasteiger partial charge in [-0.3, -0.25) is 18.6 Å². The summed E-state index contributed by atoms with van der Waals surface area (Å²) in [7, 11) is -0.998. The lowest BCUT2D eigenvalue weighted by atomic mass is 9.98. The van der Waals surface area contributed by atoms with Crippen molar-refractivity contribution in [3.05, 3.63) is 76.2 Å². The van der Waals surface area contributed by atoms with Crippen molar-refractivity contribution in [2.75, 3.05) is 24.4 Å². The standard InChI is InChI=1S/C25H30N4O4S/c1-18-13-15-28(16-14-18)24(30)20-9-8-12-22(17-20)34(32,33)27(4)23-19(2)26(3)29(25(23)31)21-10-6-5-7-11-21/h5-12,17-18H,13-16H2,1-4H3. The number of hydrogen-bond donors (Lipinski definition) is 0. The Labute approximate surface area is 200 Å². The van der Waals surface area contributed by atoms with E-state index in [9.17, 15) is 18.0 Å². The summed E-state index contributed by atoms with van der Waals surface area (Å²) in [4.78, 5) is 28.1. The van der Waals surface area contributed by atoms with E-state index in [1.807, 2.05) is 18.2 Å². The fraction of sp³-hybridized carbons (Fsp3) is 0.360. The van der Waals surface area contributed by atoms with Crippen LogP contribution in [0.15, 0.2) is 64.3 Å². The highest BCUT2D eigenvalue weighted by Gasteiger charge is 2.30. The lowest BCUT2D eigenvalue weighted by Gasteiger charge is -2.30. The highest BCUT2D eigenvalue weighted by atomic mass is 32.2. The van der Waals surface area contributed by atoms with Gasteiger partial charge in [-0.05, 0) is 56.0 Å². The summed E-state index contributed by atoms with van der Waals surface area (Å²) in [6.07, 6.45) is 1.88. The minimum atomic E-state index is -4.08. The smallest absolute Gasteiger partial charge is 0.296 e. The summed E-state index contributed by atoms with van der Waals surface area (Å²) in [5, 5.41) is 0. The van der Waals surface area contributed by atoms with E-state index in [1.165, 1.54) is 23.9 Å². The monoisotopic (exact) mass is 482 g/mol. The summed E-state index contributed by atoms with van der Waals surface area (Å²) in [6.45, 7) is 5.21. The maximum atomic E-state index is 13.5. The first-order valence-corrected chi connectivity index (χ1v) is 12.8. The average molecular weight is 483 g/mol. The number of likely N-dealkylation sites (tertiary alicyclic amines) is 1. The molecule has 2 aromatic carbocycles. The molecule has 0 unspecified atom stereocenters. The number of piperidine rings is 1. The lowest BCUT2D eigenvalue weighted by Crippen LogP contribution is -2.38. The van der Waals surface area contributed by atoms with Crippen LogP contribution >= 0.6 is 0 Å². The molecule has 2 heterocycles. The van der Waals surface area contributed by atoms with Crippen molar-refractivity contribution in [2.45, 2.75) is 31.6 Å². The zero-order valence-corrected chi connectivity index (χ0v) is 20.7. The van der Waals surface area contributed by atoms with E-state index < -0.39 is 15.6 Å². The van der Waals surface area contributed by atoms with Crippen LogP contribution in [0.4, 0.5) is 5.69 Å². The number of amides is 1. The van der Waals surface area contributed by atoms with Gasteiger partial charge in [-0.2, -0.15) is 0 Å². The molecular weight excluding hydrogens is 452 g/mol. The molecule has 3 aromatic rings. The Balaban J connectivity index is 1.69. The Kier molecular flexibility index (Phi) is 6.40. The van der Waals surface area contributed by atoms with Crippen LogP contribution in [0, 0.1) is 12.8 Å². The predicted octanol–water partition coefficient (Wildman–Crippen LogP) is 3.18. The summed E-state index contributed by atoms with van der Waals surface area (Å²) >= 11 is 0. The van der Waals surface area contributed by atoms with Crippen LogP contribution < -0.4 is 9.86 Å². The molecule has 34 heavy (non-hydrogen) atoms. The van der Waals surface area contributed by atoms with Crippen molar-refractivity contribution in [2.24, 2.45) is 13.0 Å². The second kappa shape index (κ2) is 9.13. The van der Waals surface area contributed by atoms with Gasteiger partial charge in [0, 0.05) is 32.7 Å². The number of nitrogens with zero attached hydrogens (tertiary/aromatic N) is 4. The first-order chi connectivity index (χ1) is 16.1. The van der Waals surface area contributed by atoms with E-state index in [0.29, 0.717) is 36.0 Å². The maximum absolute atomic E-state index is 13.5. The third-order valence-electron chi connectivity index (χ3n) is 6.65. The van der Waals surface area contributed by atoms with Crippen molar-refractivity contribution >= 4 is 21.6 Å². The highest BCUT2D eigenvalue weighted by molar-refractivity contribution is 7.92. The molecule has 0 saturated carbocycles. The van der Waals surface area contributed by atoms with Crippen LogP contribution in [0.2, 0.25) is 0 Å². The van der Waals surface area contributed by atoms with Gasteiger partial charge in [-0.1, -0.05) is 31.2 Å². The first kappa shape index (κ1) is 23.8. The number of carbonyl (C=O) groups is 1. The number of anilines is 1. The van der Waals surface area contributed by atoms with Crippen LogP contribution in [-0.2, 0) is 17.1 Å². The molecule has 0 bridgehead atoms. The lowest BCUT2D eigenvalue weighted by molar-refractivity contribution is 0.0697. The van der Waals surface area contributed by atoms with Gasteiger partial charge in [-0.25, -0.2) is 13.1 Å². The molecule has 8 nitrogen and oxygen atoms in total. The third kappa shape index (κ3) is 4.16. The molecule has 1 saturated heterocycles. The van der Waals surface area contributed by atoms with Crippen molar-refractivity contribution in [1.82, 2.24) is 14.3 Å². The molecule has 0 radical (unpaired) electrons. The molecule has 1 fully saturated rings. The number of rotatable bonds is 5. The molecule has 0 aliphatic carbocycles. The average Bonchev–Trinajstić information content (AvgIpc) is 3.06. The quantitative estimate of drug-likeness (QED) is 0.559. The van der Waals surface area contributed by atoms with Crippen molar-refractivity contribution in [1.29, 1.82) is 0 Å². The minimum Gasteiger partial charge on any atom is -0.339 e. The van der Waals surface area contributed by atoms with Gasteiger partial charge in [0.25, 0.3) is 21.5 Å². The summed E-state index contributed by atoms with van der Waals surface area (Å²) in [5.41, 5.74) is 1.10. The van der Waals surface area contributed by atoms with E-state index in [1.54, 1.807) is 47.8 Å². The summed E-state index contributed by atoms with van der Waals surface area (Å²) in [6, 6.07) is 15.1. The summed E-state index contributed by atoms with van der Waals surface area (Å²) in [5.74, 6) is 0.410. The van der Waals surface area contributed by atoms with E-state index >= 15 is 0 Å². The number of carbonyl (C=O) groups excluding carboxylic acids is 1. The molecule has 1 amide bonds. The Morgan fingerprint density at radius 3 is 2.32 bits per heavy atom. The van der Waals surface area contributed by atoms with Crippen LogP contribution in [0.1, 0.15) is 35.8 Å². The topological polar surface area (TPSA) is 84.6 Å². The highest BCUT2D eigenvalue weighted by Crippen LogP contribution is 2.25. The molecule has 1 aliphatic rings. The van der Waals surface area contributed by atoms with E-state index in [-0.39, 0.29) is 16.5 Å². The number of aromatic nitrogens is 2. The number of benzene rings is 2. The van der Waals surface area contributed by atoms with Gasteiger partial charge < -0.3 is 4.90 Å². The van der Waals surface area contributed by atoms with Crippen LogP contribution in [-0.4, -0.2) is 48.7 Å². The fourth-order valence-corrected chi connectivity index (χ4v) is 5.67. The SMILES string of the molecule is Cc1c(N(C)S(=O)(=O)c2cccc(C(=O)N3CCC(C)CC3)c2)c(=O)n(-c2ccccc2)n1C. The van der Waals surface area contributed by atoms with Gasteiger partial charge >= 0.3 is 0 Å². The Bertz CT molecular complexity index is 1370. The Morgan fingerprint density at radius 1 is 1.03 bits per heavy atom. The summed E-state index contributed by atoms with van der Waals surface area (Å²) < 4.78 is 31.1. The van der Waals surface area contributed by atoms with Crippen molar-refractivity contribution in [3.8, 4) is 5.69 Å². The zero-order valence-electron chi connectivity index (χ0n) is 19.9. The second-order valence-corrected chi connectivity index (χ2v) is 10.9. The van der Waals surface area contributed by atoms with Gasteiger partial charge in [-0.15, -0.1) is 0 Å². The third-order valence-corrected chi connectivity index (χ3v) is 8.40. The first-order valence-electron chi connectivity index (χ1n) is 11.3. The van der Waals surface area contributed by atoms with E-state index in [4.69, 9.17) is 0 Å². The molecule has 1 aromatic heterocycles. The minimum absolute atomic E-state index is 0.0276. The molecular formula is C25H30N4O4S. The van der Waals surface area contributed by atoms with Crippen LogP contribution in [0.5, 0.6) is 0 Å². The predicted molar refractivity (Wildman–Crippen MR) is 132 cm³/mol. The maximum Gasteiger partial charge on any atom is 0.296 e. The molecule has 9 heteroatoms. The molecule has 1 aliphatic heterocycles. The van der Waals surface area contributed by atoms with E-state index in [2.05, 4.69) is 6.92 Å². The van der Waals surface area contributed by atoms with Gasteiger partial charge in [0.2, 0.25) is 0 Å². The molecule has 0 N–H and O–H groups in total. The van der Waals surface area contributed by atoms with Gasteiger partial charge in [0.15, 0.2) is 0 Å². The Hall–Kier alpha value is -3.33. The molecule has 0 atom stereocenters. The van der Waals surface area contributed by atoms with Crippen molar-refractivity contribution < 1.29 is 13.2 Å². The molecule has 4 rings (SSSR count). The number of para-hydroxylation sites is 1. The largest absolute Gasteiger partial charge is 0.339 e. The van der Waals surface area contributed by atoms with Crippen molar-refractivity contribution in [3.63, 3.8) is 0 Å². The normalized spacial score (nSPS) is 14.9. The van der Waals surface area contributed by atoms with Gasteiger partial charge in [0.1, 0.15) is 5.69 Å². The molecule has 0 spiro atoms.